The van der Waals surface area contributed by atoms with E-state index in [9.17, 15) is 18.5 Å². The van der Waals surface area contributed by atoms with Crippen LogP contribution in [0.1, 0.15) is 5.56 Å². The lowest BCUT2D eigenvalue weighted by Crippen LogP contribution is -3.13. The Morgan fingerprint density at radius 3 is 2.54 bits per heavy atom. The highest BCUT2D eigenvalue weighted by atomic mass is 32.2. The van der Waals surface area contributed by atoms with Gasteiger partial charge < -0.3 is 14.4 Å². The lowest BCUT2D eigenvalue weighted by molar-refractivity contribution is -0.917. The number of benzene rings is 2. The summed E-state index contributed by atoms with van der Waals surface area (Å²) in [5.74, 6) is 1.47. The summed E-state index contributed by atoms with van der Waals surface area (Å²) >= 11 is 0. The van der Waals surface area contributed by atoms with Gasteiger partial charge >= 0.3 is 0 Å². The van der Waals surface area contributed by atoms with Crippen LogP contribution in [0.4, 0.5) is 5.69 Å². The molecule has 10 heteroatoms. The molecule has 2 aromatic rings. The van der Waals surface area contributed by atoms with Gasteiger partial charge in [-0.3, -0.25) is 10.1 Å². The number of sulfonamides is 1. The molecular weight excluding hydrogens is 386 g/mol. The maximum Gasteiger partial charge on any atom is 0.289 e. The minimum atomic E-state index is -3.90. The number of hydrogen-bond acceptors (Lipinski definition) is 6. The SMILES string of the molecule is O=[N+]([O-])c1ccccc1S(=O)(=O)N1CC[NH+](Cc2ccc3c(c2)OCO3)CC1. The van der Waals surface area contributed by atoms with E-state index in [-0.39, 0.29) is 11.7 Å². The van der Waals surface area contributed by atoms with Crippen LogP contribution in [-0.4, -0.2) is 50.6 Å². The number of piperazine rings is 1. The van der Waals surface area contributed by atoms with E-state index >= 15 is 0 Å². The molecule has 1 fully saturated rings. The number of rotatable bonds is 5. The molecule has 0 radical (unpaired) electrons. The Hall–Kier alpha value is -2.69. The summed E-state index contributed by atoms with van der Waals surface area (Å²) < 4.78 is 37.8. The first-order valence-corrected chi connectivity index (χ1v) is 10.3. The van der Waals surface area contributed by atoms with E-state index in [1.54, 1.807) is 0 Å². The number of ether oxygens (including phenoxy) is 2. The molecule has 0 unspecified atom stereocenters. The largest absolute Gasteiger partial charge is 0.454 e. The number of quaternary nitrogens is 1. The van der Waals surface area contributed by atoms with Gasteiger partial charge in [-0.05, 0) is 24.3 Å². The molecule has 1 saturated heterocycles. The van der Waals surface area contributed by atoms with Gasteiger partial charge in [-0.15, -0.1) is 0 Å². The van der Waals surface area contributed by atoms with Crippen LogP contribution in [0.25, 0.3) is 0 Å². The fourth-order valence-electron chi connectivity index (χ4n) is 3.52. The topological polar surface area (TPSA) is 103 Å². The zero-order valence-corrected chi connectivity index (χ0v) is 15.9. The van der Waals surface area contributed by atoms with Crippen LogP contribution in [0.3, 0.4) is 0 Å². The molecule has 9 nitrogen and oxygen atoms in total. The van der Waals surface area contributed by atoms with Gasteiger partial charge in [0, 0.05) is 11.6 Å². The van der Waals surface area contributed by atoms with Gasteiger partial charge in [0.25, 0.3) is 5.69 Å². The van der Waals surface area contributed by atoms with Gasteiger partial charge in [0.2, 0.25) is 16.8 Å². The number of nitrogens with zero attached hydrogens (tertiary/aromatic N) is 2. The number of para-hydroxylation sites is 1. The Bertz CT molecular complexity index is 1000. The van der Waals surface area contributed by atoms with Gasteiger partial charge in [-0.25, -0.2) is 8.42 Å². The predicted molar refractivity (Wildman–Crippen MR) is 98.8 cm³/mol. The monoisotopic (exact) mass is 406 g/mol. The summed E-state index contributed by atoms with van der Waals surface area (Å²) in [5.41, 5.74) is 0.701. The summed E-state index contributed by atoms with van der Waals surface area (Å²) in [4.78, 5) is 11.5. The third-order valence-corrected chi connectivity index (χ3v) is 6.95. The molecule has 2 aromatic carbocycles. The minimum Gasteiger partial charge on any atom is -0.454 e. The standard InChI is InChI=1S/C18H19N3O6S/c22-21(23)15-3-1-2-4-18(15)28(24,25)20-9-7-19(8-10-20)12-14-5-6-16-17(11-14)27-13-26-16/h1-6,11H,7-10,12-13H2/p+1. The lowest BCUT2D eigenvalue weighted by Gasteiger charge is -2.31. The Labute approximate surface area is 162 Å². The minimum absolute atomic E-state index is 0.230. The van der Waals surface area contributed by atoms with Crippen LogP contribution in [0.5, 0.6) is 11.5 Å². The number of hydrogen-bond donors (Lipinski definition) is 1. The van der Waals surface area contributed by atoms with Gasteiger partial charge in [-0.2, -0.15) is 4.31 Å². The van der Waals surface area contributed by atoms with Crippen molar-refractivity contribution in [1.29, 1.82) is 0 Å². The smallest absolute Gasteiger partial charge is 0.289 e. The van der Waals surface area contributed by atoms with Gasteiger partial charge in [0.1, 0.15) is 6.54 Å². The Kier molecular flexibility index (Phi) is 4.92. The number of nitrogens with one attached hydrogen (secondary N) is 1. The molecule has 2 heterocycles. The maximum absolute atomic E-state index is 12.9. The maximum atomic E-state index is 12.9. The lowest BCUT2D eigenvalue weighted by atomic mass is 10.2. The van der Waals surface area contributed by atoms with Crippen molar-refractivity contribution >= 4 is 15.7 Å². The summed E-state index contributed by atoms with van der Waals surface area (Å²) in [7, 11) is -3.90. The normalized spacial score (nSPS) is 17.6. The summed E-state index contributed by atoms with van der Waals surface area (Å²) in [5, 5.41) is 11.2. The molecule has 2 aliphatic heterocycles. The average Bonchev–Trinajstić information content (AvgIpc) is 3.16. The van der Waals surface area contributed by atoms with Crippen molar-refractivity contribution in [3.05, 3.63) is 58.1 Å². The molecule has 0 aromatic heterocycles. The van der Waals surface area contributed by atoms with Crippen molar-refractivity contribution in [3.8, 4) is 11.5 Å². The highest BCUT2D eigenvalue weighted by Gasteiger charge is 2.34. The fraction of sp³-hybridized carbons (Fsp3) is 0.333. The van der Waals surface area contributed by atoms with Gasteiger partial charge in [0.05, 0.1) is 31.1 Å². The zero-order chi connectivity index (χ0) is 19.7. The second-order valence-corrected chi connectivity index (χ2v) is 8.65. The van der Waals surface area contributed by atoms with Crippen molar-refractivity contribution in [1.82, 2.24) is 4.31 Å². The van der Waals surface area contributed by atoms with Crippen LogP contribution in [0.2, 0.25) is 0 Å². The van der Waals surface area contributed by atoms with Crippen molar-refractivity contribution in [3.63, 3.8) is 0 Å². The summed E-state index contributed by atoms with van der Waals surface area (Å²) in [6.45, 7) is 2.84. The number of nitro groups is 1. The highest BCUT2D eigenvalue weighted by Crippen LogP contribution is 2.32. The van der Waals surface area contributed by atoms with Crippen LogP contribution < -0.4 is 14.4 Å². The third-order valence-electron chi connectivity index (χ3n) is 5.00. The first kappa shape index (κ1) is 18.7. The molecule has 1 N–H and O–H groups in total. The second-order valence-electron chi connectivity index (χ2n) is 6.74. The second kappa shape index (κ2) is 7.38. The molecule has 0 amide bonds. The van der Waals surface area contributed by atoms with E-state index in [0.29, 0.717) is 26.2 Å². The number of nitro benzene ring substituents is 1. The van der Waals surface area contributed by atoms with Crippen LogP contribution >= 0.6 is 0 Å². The first-order valence-electron chi connectivity index (χ1n) is 8.91. The third kappa shape index (κ3) is 3.53. The molecule has 2 aliphatic rings. The highest BCUT2D eigenvalue weighted by molar-refractivity contribution is 7.89. The Morgan fingerprint density at radius 1 is 1.07 bits per heavy atom. The van der Waals surface area contributed by atoms with Crippen molar-refractivity contribution in [2.75, 3.05) is 33.0 Å². The number of fused-ring (bicyclic) bond motifs is 1. The Balaban J connectivity index is 1.43. The van der Waals surface area contributed by atoms with Crippen molar-refractivity contribution in [2.45, 2.75) is 11.4 Å². The Morgan fingerprint density at radius 2 is 1.79 bits per heavy atom. The van der Waals surface area contributed by atoms with Crippen LogP contribution in [0, 0.1) is 10.1 Å². The molecule has 0 spiro atoms. The van der Waals surface area contributed by atoms with E-state index in [0.717, 1.165) is 23.6 Å². The van der Waals surface area contributed by atoms with Crippen LogP contribution in [-0.2, 0) is 16.6 Å². The van der Waals surface area contributed by atoms with E-state index in [4.69, 9.17) is 9.47 Å². The van der Waals surface area contributed by atoms with Crippen molar-refractivity contribution < 1.29 is 27.7 Å². The van der Waals surface area contributed by atoms with Gasteiger partial charge in [-0.1, -0.05) is 12.1 Å². The molecule has 4 rings (SSSR count). The zero-order valence-electron chi connectivity index (χ0n) is 15.0. The fourth-order valence-corrected chi connectivity index (χ4v) is 5.12. The van der Waals surface area contributed by atoms with Crippen molar-refractivity contribution in [2.24, 2.45) is 0 Å². The molecule has 0 saturated carbocycles. The van der Waals surface area contributed by atoms with Crippen LogP contribution in [0.15, 0.2) is 47.4 Å². The quantitative estimate of drug-likeness (QED) is 0.570. The van der Waals surface area contributed by atoms with Gasteiger partial charge in [0.15, 0.2) is 16.4 Å². The average molecular weight is 406 g/mol. The van der Waals surface area contributed by atoms with E-state index in [1.165, 1.54) is 33.5 Å². The summed E-state index contributed by atoms with van der Waals surface area (Å²) in [6, 6.07) is 11.3. The predicted octanol–water partition coefficient (Wildman–Crippen LogP) is 0.413. The molecule has 28 heavy (non-hydrogen) atoms. The molecule has 0 aliphatic carbocycles. The first-order chi connectivity index (χ1) is 13.4. The molecule has 0 bridgehead atoms. The van der Waals surface area contributed by atoms with E-state index in [1.807, 2.05) is 18.2 Å². The molecule has 148 valence electrons. The molecule has 0 atom stereocenters. The van der Waals surface area contributed by atoms with E-state index in [2.05, 4.69) is 0 Å². The van der Waals surface area contributed by atoms with E-state index < -0.39 is 20.6 Å². The molecular formula is C18H20N3O6S+. The summed E-state index contributed by atoms with van der Waals surface area (Å²) in [6.07, 6.45) is 0.